The number of pyridine rings is 3. The first-order valence-electron chi connectivity index (χ1n) is 14.7. The van der Waals surface area contributed by atoms with Gasteiger partial charge in [-0.3, -0.25) is 4.79 Å². The molecule has 2 saturated heterocycles. The van der Waals surface area contributed by atoms with Crippen LogP contribution in [-0.2, 0) is 0 Å². The van der Waals surface area contributed by atoms with E-state index in [9.17, 15) is 14.7 Å². The number of piperidine rings is 1. The molecule has 234 valence electrons. The summed E-state index contributed by atoms with van der Waals surface area (Å²) < 4.78 is 13.1. The molecule has 13 heteroatoms. The van der Waals surface area contributed by atoms with Crippen molar-refractivity contribution < 1.29 is 19.4 Å². The van der Waals surface area contributed by atoms with Crippen molar-refractivity contribution in [2.75, 3.05) is 50.7 Å². The van der Waals surface area contributed by atoms with E-state index in [4.69, 9.17) is 32.7 Å². The van der Waals surface area contributed by atoms with E-state index in [0.717, 1.165) is 37.4 Å². The van der Waals surface area contributed by atoms with Crippen molar-refractivity contribution in [3.05, 3.63) is 74.8 Å². The summed E-state index contributed by atoms with van der Waals surface area (Å²) in [6.45, 7) is 2.09. The van der Waals surface area contributed by atoms with Crippen LogP contribution < -0.4 is 24.7 Å². The van der Waals surface area contributed by atoms with Crippen LogP contribution in [0.4, 0.5) is 11.5 Å². The van der Waals surface area contributed by atoms with E-state index >= 15 is 0 Å². The highest BCUT2D eigenvalue weighted by Crippen LogP contribution is 2.51. The maximum atomic E-state index is 13.4. The van der Waals surface area contributed by atoms with E-state index in [0.29, 0.717) is 51.4 Å². The Hall–Kier alpha value is -4.06. The Labute approximate surface area is 269 Å². The van der Waals surface area contributed by atoms with Gasteiger partial charge in [0.15, 0.2) is 0 Å². The minimum Gasteiger partial charge on any atom is -0.495 e. The molecule has 0 spiro atoms. The second-order valence-corrected chi connectivity index (χ2v) is 12.9. The number of hydrogen-bond acceptors (Lipinski definition) is 9. The predicted octanol–water partition coefficient (Wildman–Crippen LogP) is 4.59. The second kappa shape index (κ2) is 11.4. The molecule has 0 radical (unpaired) electrons. The van der Waals surface area contributed by atoms with Crippen molar-refractivity contribution in [2.45, 2.75) is 31.0 Å². The highest BCUT2D eigenvalue weighted by molar-refractivity contribution is 6.34. The molecule has 0 bridgehead atoms. The lowest BCUT2D eigenvalue weighted by Crippen LogP contribution is -2.57. The Balaban J connectivity index is 1.25. The van der Waals surface area contributed by atoms with Crippen LogP contribution in [0.3, 0.4) is 0 Å². The minimum atomic E-state index is -1.31. The molecule has 3 fully saturated rings. The lowest BCUT2D eigenvalue weighted by Gasteiger charge is -2.43. The van der Waals surface area contributed by atoms with Crippen LogP contribution in [0.25, 0.3) is 16.6 Å². The molecular formula is C32H32Cl2N6O5. The summed E-state index contributed by atoms with van der Waals surface area (Å²) in [5, 5.41) is 10.8. The van der Waals surface area contributed by atoms with Crippen molar-refractivity contribution in [1.29, 1.82) is 0 Å². The summed E-state index contributed by atoms with van der Waals surface area (Å²) in [6.07, 6.45) is 6.59. The molecule has 1 saturated carbocycles. The van der Waals surface area contributed by atoms with E-state index < -0.39 is 11.4 Å². The topological polar surface area (TPSA) is 113 Å². The first kappa shape index (κ1) is 29.6. The van der Waals surface area contributed by atoms with Crippen molar-refractivity contribution in [3.8, 4) is 17.3 Å². The van der Waals surface area contributed by atoms with Gasteiger partial charge < -0.3 is 33.8 Å². The number of aromatic carboxylic acids is 1. The van der Waals surface area contributed by atoms with Crippen LogP contribution in [0.1, 0.15) is 23.2 Å². The zero-order valence-electron chi connectivity index (χ0n) is 25.0. The number of hydrogen-bond donors (Lipinski definition) is 1. The standard InChI is InChI=1S/C32H32Cl2N6O5/c1-37(2)20-13-38(14-20)28-5-4-18(12-36-28)39-15-22(32(42)43)30(41)21-10-23(33)26(11-25(21)39)40-19(8-17-9-24(17)40)16-45-31-29(34)27(44-3)6-7-35-31/h4-7,10-12,15,17,19-20,24H,8-9,13-14,16H2,1-3H3,(H,42,43)/t17-,19+,24+/m0/s1. The number of fused-ring (bicyclic) bond motifs is 2. The fourth-order valence-corrected chi connectivity index (χ4v) is 7.00. The van der Waals surface area contributed by atoms with E-state index in [2.05, 4.69) is 38.8 Å². The van der Waals surface area contributed by atoms with Crippen LogP contribution in [-0.4, -0.2) is 89.5 Å². The Morgan fingerprint density at radius 2 is 1.93 bits per heavy atom. The lowest BCUT2D eigenvalue weighted by molar-refractivity contribution is 0.0695. The molecule has 3 atom stereocenters. The van der Waals surface area contributed by atoms with Crippen molar-refractivity contribution in [3.63, 3.8) is 0 Å². The second-order valence-electron chi connectivity index (χ2n) is 12.1. The Kier molecular flexibility index (Phi) is 7.50. The third kappa shape index (κ3) is 5.22. The number of halogens is 2. The fraction of sp³-hybridized carbons (Fsp3) is 0.375. The first-order chi connectivity index (χ1) is 21.6. The molecule has 1 aliphatic carbocycles. The fourth-order valence-electron chi connectivity index (χ4n) is 6.50. The van der Waals surface area contributed by atoms with Gasteiger partial charge in [-0.25, -0.2) is 14.8 Å². The zero-order valence-corrected chi connectivity index (χ0v) is 26.5. The van der Waals surface area contributed by atoms with Gasteiger partial charge in [-0.15, -0.1) is 0 Å². The van der Waals surface area contributed by atoms with Crippen molar-refractivity contribution >= 4 is 51.6 Å². The summed E-state index contributed by atoms with van der Waals surface area (Å²) in [6, 6.07) is 9.68. The number of aromatic nitrogens is 3. The molecule has 0 unspecified atom stereocenters. The molecule has 45 heavy (non-hydrogen) atoms. The molecule has 2 aliphatic heterocycles. The monoisotopic (exact) mass is 650 g/mol. The number of methoxy groups -OCH3 is 1. The average molecular weight is 652 g/mol. The SMILES string of the molecule is COc1ccnc(OC[C@H]2C[C@H]3C[C@H]3N2c2cc3c(cc2Cl)c(=O)c(C(=O)O)cn3-c2ccc(N3CC(N(C)C)C3)nc2)c1Cl. The number of carboxylic acids is 1. The Morgan fingerprint density at radius 1 is 1.13 bits per heavy atom. The number of likely N-dealkylation sites (N-methyl/N-ethyl adjacent to an activating group) is 1. The predicted molar refractivity (Wildman–Crippen MR) is 173 cm³/mol. The van der Waals surface area contributed by atoms with E-state index in [-0.39, 0.29) is 23.0 Å². The molecule has 7 rings (SSSR count). The maximum absolute atomic E-state index is 13.4. The number of rotatable bonds is 9. The number of ether oxygens (including phenoxy) is 2. The largest absolute Gasteiger partial charge is 0.495 e. The highest BCUT2D eigenvalue weighted by Gasteiger charge is 2.52. The normalized spacial score (nSPS) is 20.8. The third-order valence-electron chi connectivity index (χ3n) is 9.17. The van der Waals surface area contributed by atoms with E-state index in [1.165, 1.54) is 13.3 Å². The quantitative estimate of drug-likeness (QED) is 0.276. The number of carbonyl (C=O) groups is 1. The lowest BCUT2D eigenvalue weighted by atomic mass is 10.1. The van der Waals surface area contributed by atoms with Gasteiger partial charge >= 0.3 is 5.97 Å². The van der Waals surface area contributed by atoms with Crippen LogP contribution in [0.5, 0.6) is 11.6 Å². The van der Waals surface area contributed by atoms with Gasteiger partial charge in [0, 0.05) is 49.0 Å². The maximum Gasteiger partial charge on any atom is 0.341 e. The molecule has 3 aliphatic rings. The van der Waals surface area contributed by atoms with Crippen molar-refractivity contribution in [2.24, 2.45) is 5.92 Å². The van der Waals surface area contributed by atoms with Gasteiger partial charge in [-0.1, -0.05) is 23.2 Å². The summed E-state index contributed by atoms with van der Waals surface area (Å²) >= 11 is 13.3. The number of nitrogens with zero attached hydrogens (tertiary/aromatic N) is 6. The summed E-state index contributed by atoms with van der Waals surface area (Å²) in [4.78, 5) is 41.1. The molecule has 0 amide bonds. The van der Waals surface area contributed by atoms with E-state index in [1.807, 2.05) is 18.2 Å². The van der Waals surface area contributed by atoms with Gasteiger partial charge in [0.25, 0.3) is 0 Å². The van der Waals surface area contributed by atoms with Gasteiger partial charge in [0.2, 0.25) is 11.3 Å². The number of anilines is 2. The minimum absolute atomic E-state index is 0.0188. The smallest absolute Gasteiger partial charge is 0.341 e. The highest BCUT2D eigenvalue weighted by atomic mass is 35.5. The molecule has 3 aromatic heterocycles. The van der Waals surface area contributed by atoms with Crippen LogP contribution >= 0.6 is 23.2 Å². The molecule has 5 heterocycles. The summed E-state index contributed by atoms with van der Waals surface area (Å²) in [5.41, 5.74) is 0.990. The van der Waals surface area contributed by atoms with Gasteiger partial charge in [-0.2, -0.15) is 0 Å². The molecule has 4 aromatic rings. The van der Waals surface area contributed by atoms with Crippen molar-refractivity contribution in [1.82, 2.24) is 19.4 Å². The van der Waals surface area contributed by atoms with Gasteiger partial charge in [0.05, 0.1) is 41.3 Å². The van der Waals surface area contributed by atoms with Gasteiger partial charge in [-0.05, 0) is 57.1 Å². The van der Waals surface area contributed by atoms with Gasteiger partial charge in [0.1, 0.15) is 28.8 Å². The average Bonchev–Trinajstić information content (AvgIpc) is 3.66. The molecule has 1 aromatic carbocycles. The van der Waals surface area contributed by atoms with E-state index in [1.54, 1.807) is 29.1 Å². The number of benzene rings is 1. The molecule has 11 nitrogen and oxygen atoms in total. The third-order valence-corrected chi connectivity index (χ3v) is 9.82. The molecule has 1 N–H and O–H groups in total. The van der Waals surface area contributed by atoms with Crippen LogP contribution in [0, 0.1) is 5.92 Å². The Morgan fingerprint density at radius 3 is 2.62 bits per heavy atom. The summed E-state index contributed by atoms with van der Waals surface area (Å²) in [7, 11) is 5.67. The number of carboxylic acid groups (broad SMARTS) is 1. The Bertz CT molecular complexity index is 1860. The molecular weight excluding hydrogens is 619 g/mol. The first-order valence-corrected chi connectivity index (χ1v) is 15.5. The van der Waals surface area contributed by atoms with Crippen LogP contribution in [0.2, 0.25) is 10.0 Å². The van der Waals surface area contributed by atoms with Crippen LogP contribution in [0.15, 0.2) is 53.7 Å². The zero-order chi connectivity index (χ0) is 31.6. The summed E-state index contributed by atoms with van der Waals surface area (Å²) in [5.74, 6) is 0.811.